The van der Waals surface area contributed by atoms with E-state index in [2.05, 4.69) is 5.10 Å². The zero-order chi connectivity index (χ0) is 19.2. The number of ether oxygens (including phenoxy) is 1. The summed E-state index contributed by atoms with van der Waals surface area (Å²) in [6.07, 6.45) is 0.701. The van der Waals surface area contributed by atoms with Crippen molar-refractivity contribution in [1.29, 1.82) is 0 Å². The van der Waals surface area contributed by atoms with E-state index in [1.807, 2.05) is 62.4 Å². The third-order valence-corrected chi connectivity index (χ3v) is 5.36. The summed E-state index contributed by atoms with van der Waals surface area (Å²) in [6, 6.07) is 15.8. The molecule has 0 unspecified atom stereocenters. The van der Waals surface area contributed by atoms with E-state index < -0.39 is 5.97 Å². The molecule has 0 radical (unpaired) electrons. The third kappa shape index (κ3) is 5.20. The predicted molar refractivity (Wildman–Crippen MR) is 107 cm³/mol. The van der Waals surface area contributed by atoms with Crippen LogP contribution in [0.3, 0.4) is 0 Å². The van der Waals surface area contributed by atoms with Crippen LogP contribution in [0.1, 0.15) is 23.1 Å². The van der Waals surface area contributed by atoms with Gasteiger partial charge in [-0.15, -0.1) is 11.8 Å². The summed E-state index contributed by atoms with van der Waals surface area (Å²) < 4.78 is 5.11. The second kappa shape index (κ2) is 8.86. The summed E-state index contributed by atoms with van der Waals surface area (Å²) in [6.45, 7) is 4.32. The standard InChI is InChI=1S/C21H22N2O3S/c1-15-8-9-18(12-16(15)2)27-14-21(25)26-13-20(24)23-11-10-19(22-23)17-6-4-3-5-7-17/h3-9,12H,10-11,13-14H2,1-2H3. The van der Waals surface area contributed by atoms with Gasteiger partial charge in [0, 0.05) is 11.3 Å². The van der Waals surface area contributed by atoms with Crippen molar-refractivity contribution in [3.8, 4) is 0 Å². The Morgan fingerprint density at radius 1 is 1.11 bits per heavy atom. The Hall–Kier alpha value is -2.60. The Kier molecular flexibility index (Phi) is 6.29. The number of amides is 1. The van der Waals surface area contributed by atoms with Crippen LogP contribution in [-0.2, 0) is 14.3 Å². The first-order valence-electron chi connectivity index (χ1n) is 8.82. The highest BCUT2D eigenvalue weighted by Gasteiger charge is 2.22. The summed E-state index contributed by atoms with van der Waals surface area (Å²) >= 11 is 1.41. The molecule has 0 bridgehead atoms. The quantitative estimate of drug-likeness (QED) is 0.566. The minimum Gasteiger partial charge on any atom is -0.455 e. The van der Waals surface area contributed by atoms with Crippen molar-refractivity contribution in [2.45, 2.75) is 25.2 Å². The van der Waals surface area contributed by atoms with E-state index >= 15 is 0 Å². The fraction of sp³-hybridized carbons (Fsp3) is 0.286. The molecule has 0 aromatic heterocycles. The van der Waals surface area contributed by atoms with Gasteiger partial charge in [-0.25, -0.2) is 5.01 Å². The number of aryl methyl sites for hydroxylation is 2. The highest BCUT2D eigenvalue weighted by molar-refractivity contribution is 8.00. The second-order valence-corrected chi connectivity index (χ2v) is 7.42. The fourth-order valence-corrected chi connectivity index (χ4v) is 3.47. The summed E-state index contributed by atoms with van der Waals surface area (Å²) in [5.74, 6) is -0.530. The fourth-order valence-electron chi connectivity index (χ4n) is 2.67. The summed E-state index contributed by atoms with van der Waals surface area (Å²) in [7, 11) is 0. The molecule has 0 N–H and O–H groups in total. The molecule has 140 valence electrons. The van der Waals surface area contributed by atoms with E-state index in [1.165, 1.54) is 27.9 Å². The van der Waals surface area contributed by atoms with Gasteiger partial charge in [0.2, 0.25) is 0 Å². The first kappa shape index (κ1) is 19.2. The lowest BCUT2D eigenvalue weighted by atomic mass is 10.1. The molecule has 1 aliphatic heterocycles. The normalized spacial score (nSPS) is 13.4. The van der Waals surface area contributed by atoms with E-state index in [4.69, 9.17) is 4.74 Å². The largest absolute Gasteiger partial charge is 0.455 e. The maximum Gasteiger partial charge on any atom is 0.316 e. The van der Waals surface area contributed by atoms with Crippen molar-refractivity contribution < 1.29 is 14.3 Å². The first-order valence-corrected chi connectivity index (χ1v) is 9.80. The Morgan fingerprint density at radius 2 is 1.89 bits per heavy atom. The lowest BCUT2D eigenvalue weighted by molar-refractivity contribution is -0.149. The van der Waals surface area contributed by atoms with Crippen LogP contribution < -0.4 is 0 Å². The summed E-state index contributed by atoms with van der Waals surface area (Å²) in [4.78, 5) is 25.2. The molecule has 2 aromatic carbocycles. The van der Waals surface area contributed by atoms with Crippen LogP contribution in [-0.4, -0.2) is 41.5 Å². The van der Waals surface area contributed by atoms with Gasteiger partial charge in [-0.05, 0) is 42.7 Å². The van der Waals surface area contributed by atoms with Crippen LogP contribution in [0.25, 0.3) is 0 Å². The molecule has 1 amide bonds. The van der Waals surface area contributed by atoms with E-state index in [9.17, 15) is 9.59 Å². The number of rotatable bonds is 6. The summed E-state index contributed by atoms with van der Waals surface area (Å²) in [5, 5.41) is 5.73. The molecule has 0 saturated carbocycles. The predicted octanol–water partition coefficient (Wildman–Crippen LogP) is 3.58. The average Bonchev–Trinajstić information content (AvgIpc) is 3.18. The van der Waals surface area contributed by atoms with Crippen molar-refractivity contribution in [3.63, 3.8) is 0 Å². The molecular formula is C21H22N2O3S. The summed E-state index contributed by atoms with van der Waals surface area (Å²) in [5.41, 5.74) is 4.29. The van der Waals surface area contributed by atoms with Gasteiger partial charge in [0.1, 0.15) is 0 Å². The molecule has 0 spiro atoms. The van der Waals surface area contributed by atoms with Crippen molar-refractivity contribution in [3.05, 3.63) is 65.2 Å². The average molecular weight is 382 g/mol. The molecule has 3 rings (SSSR count). The Morgan fingerprint density at radius 3 is 2.63 bits per heavy atom. The Labute approximate surface area is 163 Å². The molecule has 0 saturated heterocycles. The molecule has 5 nitrogen and oxygen atoms in total. The van der Waals surface area contributed by atoms with Crippen molar-refractivity contribution in [1.82, 2.24) is 5.01 Å². The third-order valence-electron chi connectivity index (χ3n) is 4.39. The lowest BCUT2D eigenvalue weighted by Crippen LogP contribution is -2.29. The second-order valence-electron chi connectivity index (χ2n) is 6.38. The van der Waals surface area contributed by atoms with Gasteiger partial charge in [-0.3, -0.25) is 9.59 Å². The zero-order valence-corrected chi connectivity index (χ0v) is 16.3. The number of carbonyl (C=O) groups excluding carboxylic acids is 2. The number of hydrogen-bond acceptors (Lipinski definition) is 5. The smallest absolute Gasteiger partial charge is 0.316 e. The minimum absolute atomic E-state index is 0.175. The van der Waals surface area contributed by atoms with E-state index in [-0.39, 0.29) is 18.3 Å². The van der Waals surface area contributed by atoms with Gasteiger partial charge in [0.05, 0.1) is 18.0 Å². The van der Waals surface area contributed by atoms with Gasteiger partial charge in [0.25, 0.3) is 5.91 Å². The number of nitrogens with zero attached hydrogens (tertiary/aromatic N) is 2. The molecule has 1 heterocycles. The molecule has 2 aromatic rings. The van der Waals surface area contributed by atoms with Gasteiger partial charge < -0.3 is 4.74 Å². The van der Waals surface area contributed by atoms with E-state index in [1.54, 1.807) is 0 Å². The number of benzene rings is 2. The monoisotopic (exact) mass is 382 g/mol. The van der Waals surface area contributed by atoms with E-state index in [0.29, 0.717) is 13.0 Å². The maximum atomic E-state index is 12.2. The van der Waals surface area contributed by atoms with Gasteiger partial charge >= 0.3 is 5.97 Å². The van der Waals surface area contributed by atoms with Crippen LogP contribution in [0, 0.1) is 13.8 Å². The van der Waals surface area contributed by atoms with Crippen molar-refractivity contribution in [2.24, 2.45) is 5.10 Å². The topological polar surface area (TPSA) is 59.0 Å². The molecule has 27 heavy (non-hydrogen) atoms. The van der Waals surface area contributed by atoms with Crippen molar-refractivity contribution in [2.75, 3.05) is 18.9 Å². The number of esters is 1. The van der Waals surface area contributed by atoms with Gasteiger partial charge in [0.15, 0.2) is 6.61 Å². The highest BCUT2D eigenvalue weighted by Crippen LogP contribution is 2.21. The molecule has 1 aliphatic rings. The number of hydrogen-bond donors (Lipinski definition) is 0. The molecule has 0 atom stereocenters. The van der Waals surface area contributed by atoms with Crippen LogP contribution in [0.4, 0.5) is 0 Å². The van der Waals surface area contributed by atoms with Crippen LogP contribution >= 0.6 is 11.8 Å². The van der Waals surface area contributed by atoms with Gasteiger partial charge in [-0.2, -0.15) is 5.10 Å². The van der Waals surface area contributed by atoms with E-state index in [0.717, 1.165) is 16.2 Å². The Balaban J connectivity index is 1.45. The molecular weight excluding hydrogens is 360 g/mol. The number of thioether (sulfide) groups is 1. The maximum absolute atomic E-state index is 12.2. The van der Waals surface area contributed by atoms with Crippen molar-refractivity contribution >= 4 is 29.4 Å². The SMILES string of the molecule is Cc1ccc(SCC(=O)OCC(=O)N2CCC(c3ccccc3)=N2)cc1C. The molecule has 6 heteroatoms. The van der Waals surface area contributed by atoms with Gasteiger partial charge in [-0.1, -0.05) is 36.4 Å². The lowest BCUT2D eigenvalue weighted by Gasteiger charge is -2.11. The van der Waals surface area contributed by atoms with Crippen LogP contribution in [0.5, 0.6) is 0 Å². The number of hydrazone groups is 1. The van der Waals surface area contributed by atoms with Crippen LogP contribution in [0.2, 0.25) is 0 Å². The first-order chi connectivity index (χ1) is 13.0. The Bertz CT molecular complexity index is 865. The molecule has 0 aliphatic carbocycles. The van der Waals surface area contributed by atoms with Crippen LogP contribution in [0.15, 0.2) is 58.5 Å². The highest BCUT2D eigenvalue weighted by atomic mass is 32.2. The number of carbonyl (C=O) groups is 2. The minimum atomic E-state index is -0.405. The molecule has 0 fully saturated rings. The zero-order valence-electron chi connectivity index (χ0n) is 15.5.